The van der Waals surface area contributed by atoms with Crippen molar-refractivity contribution in [1.82, 2.24) is 5.32 Å². The Kier molecular flexibility index (Phi) is 3.89. The van der Waals surface area contributed by atoms with Crippen LogP contribution in [0.4, 0.5) is 0 Å². The van der Waals surface area contributed by atoms with E-state index in [0.717, 1.165) is 24.1 Å². The summed E-state index contributed by atoms with van der Waals surface area (Å²) in [5, 5.41) is 13.7. The number of aromatic hydroxyl groups is 1. The van der Waals surface area contributed by atoms with E-state index in [4.69, 9.17) is 4.74 Å². The Bertz CT molecular complexity index is 384. The molecule has 1 heterocycles. The standard InChI is InChI=1S/C14H21NO2/c1-10-6-7-13(17-2)14(16)12(10)9-11-5-3-4-8-15-11/h6-7,11,15-16H,3-5,8-9H2,1-2H3. The van der Waals surface area contributed by atoms with Gasteiger partial charge in [0.25, 0.3) is 0 Å². The summed E-state index contributed by atoms with van der Waals surface area (Å²) in [6.45, 7) is 3.13. The highest BCUT2D eigenvalue weighted by Crippen LogP contribution is 2.33. The number of benzene rings is 1. The van der Waals surface area contributed by atoms with E-state index in [9.17, 15) is 5.11 Å². The zero-order valence-corrected chi connectivity index (χ0v) is 10.6. The van der Waals surface area contributed by atoms with Gasteiger partial charge < -0.3 is 15.2 Å². The molecule has 2 rings (SSSR count). The summed E-state index contributed by atoms with van der Waals surface area (Å²) in [6, 6.07) is 4.32. The van der Waals surface area contributed by atoms with Crippen molar-refractivity contribution in [3.05, 3.63) is 23.3 Å². The maximum Gasteiger partial charge on any atom is 0.161 e. The van der Waals surface area contributed by atoms with Gasteiger partial charge in [0, 0.05) is 11.6 Å². The molecule has 1 aliphatic heterocycles. The molecule has 1 atom stereocenters. The normalized spacial score (nSPS) is 20.2. The molecular formula is C14H21NO2. The fourth-order valence-electron chi connectivity index (χ4n) is 2.48. The second kappa shape index (κ2) is 5.41. The molecule has 94 valence electrons. The molecule has 1 aromatic rings. The van der Waals surface area contributed by atoms with Gasteiger partial charge in [-0.1, -0.05) is 12.5 Å². The van der Waals surface area contributed by atoms with Crippen LogP contribution in [0.5, 0.6) is 11.5 Å². The third-order valence-corrected chi connectivity index (χ3v) is 3.56. The molecule has 17 heavy (non-hydrogen) atoms. The number of nitrogens with one attached hydrogen (secondary N) is 1. The van der Waals surface area contributed by atoms with Gasteiger partial charge >= 0.3 is 0 Å². The molecule has 3 nitrogen and oxygen atoms in total. The van der Waals surface area contributed by atoms with Gasteiger partial charge in [-0.25, -0.2) is 0 Å². The third-order valence-electron chi connectivity index (χ3n) is 3.56. The largest absolute Gasteiger partial charge is 0.504 e. The van der Waals surface area contributed by atoms with Crippen molar-refractivity contribution in [2.24, 2.45) is 0 Å². The first-order chi connectivity index (χ1) is 8.22. The number of hydrogen-bond acceptors (Lipinski definition) is 3. The number of ether oxygens (including phenoxy) is 1. The fraction of sp³-hybridized carbons (Fsp3) is 0.571. The van der Waals surface area contributed by atoms with Crippen molar-refractivity contribution in [2.75, 3.05) is 13.7 Å². The Morgan fingerprint density at radius 2 is 2.24 bits per heavy atom. The van der Waals surface area contributed by atoms with E-state index in [1.165, 1.54) is 19.3 Å². The summed E-state index contributed by atoms with van der Waals surface area (Å²) >= 11 is 0. The van der Waals surface area contributed by atoms with Crippen LogP contribution in [-0.4, -0.2) is 24.8 Å². The zero-order valence-electron chi connectivity index (χ0n) is 10.6. The van der Waals surface area contributed by atoms with Crippen molar-refractivity contribution in [1.29, 1.82) is 0 Å². The van der Waals surface area contributed by atoms with Crippen LogP contribution in [0.2, 0.25) is 0 Å². The highest BCUT2D eigenvalue weighted by Gasteiger charge is 2.18. The van der Waals surface area contributed by atoms with E-state index in [1.54, 1.807) is 7.11 Å². The molecule has 1 unspecified atom stereocenters. The topological polar surface area (TPSA) is 41.5 Å². The molecule has 2 N–H and O–H groups in total. The maximum atomic E-state index is 10.1. The van der Waals surface area contributed by atoms with Crippen LogP contribution in [0.25, 0.3) is 0 Å². The number of methoxy groups -OCH3 is 1. The van der Waals surface area contributed by atoms with Crippen LogP contribution in [0.15, 0.2) is 12.1 Å². The van der Waals surface area contributed by atoms with Crippen LogP contribution in [0, 0.1) is 6.92 Å². The van der Waals surface area contributed by atoms with E-state index in [-0.39, 0.29) is 0 Å². The van der Waals surface area contributed by atoms with Crippen LogP contribution in [0.3, 0.4) is 0 Å². The third kappa shape index (κ3) is 2.72. The van der Waals surface area contributed by atoms with Gasteiger partial charge in [-0.3, -0.25) is 0 Å². The number of aryl methyl sites for hydroxylation is 1. The Labute approximate surface area is 103 Å². The Morgan fingerprint density at radius 1 is 1.41 bits per heavy atom. The van der Waals surface area contributed by atoms with Gasteiger partial charge in [0.15, 0.2) is 11.5 Å². The molecule has 0 aromatic heterocycles. The van der Waals surface area contributed by atoms with Gasteiger partial charge in [-0.2, -0.15) is 0 Å². The van der Waals surface area contributed by atoms with Crippen molar-refractivity contribution in [3.63, 3.8) is 0 Å². The van der Waals surface area contributed by atoms with E-state index >= 15 is 0 Å². The molecule has 0 spiro atoms. The van der Waals surface area contributed by atoms with Crippen molar-refractivity contribution in [2.45, 2.75) is 38.6 Å². The first-order valence-electron chi connectivity index (χ1n) is 6.31. The first-order valence-corrected chi connectivity index (χ1v) is 6.31. The van der Waals surface area contributed by atoms with Crippen molar-refractivity contribution < 1.29 is 9.84 Å². The second-order valence-electron chi connectivity index (χ2n) is 4.76. The van der Waals surface area contributed by atoms with E-state index < -0.39 is 0 Å². The molecule has 1 aromatic carbocycles. The Balaban J connectivity index is 2.18. The lowest BCUT2D eigenvalue weighted by atomic mass is 9.94. The molecular weight excluding hydrogens is 214 g/mol. The van der Waals surface area contributed by atoms with Crippen molar-refractivity contribution in [3.8, 4) is 11.5 Å². The van der Waals surface area contributed by atoms with E-state index in [2.05, 4.69) is 5.32 Å². The number of rotatable bonds is 3. The molecule has 0 amide bonds. The molecule has 1 aliphatic rings. The molecule has 0 radical (unpaired) electrons. The van der Waals surface area contributed by atoms with Gasteiger partial charge in [0.1, 0.15) is 0 Å². The number of hydrogen-bond donors (Lipinski definition) is 2. The van der Waals surface area contributed by atoms with E-state index in [0.29, 0.717) is 17.5 Å². The molecule has 1 saturated heterocycles. The molecule has 0 bridgehead atoms. The minimum atomic E-state index is 0.305. The van der Waals surface area contributed by atoms with Crippen LogP contribution >= 0.6 is 0 Å². The minimum absolute atomic E-state index is 0.305. The van der Waals surface area contributed by atoms with E-state index in [1.807, 2.05) is 19.1 Å². The Morgan fingerprint density at radius 3 is 2.88 bits per heavy atom. The summed E-state index contributed by atoms with van der Waals surface area (Å²) < 4.78 is 5.16. The average molecular weight is 235 g/mol. The summed E-state index contributed by atoms with van der Waals surface area (Å²) in [5.74, 6) is 0.876. The van der Waals surface area contributed by atoms with Crippen molar-refractivity contribution >= 4 is 0 Å². The first kappa shape index (κ1) is 12.2. The second-order valence-corrected chi connectivity index (χ2v) is 4.76. The smallest absolute Gasteiger partial charge is 0.161 e. The summed E-state index contributed by atoms with van der Waals surface area (Å²) in [4.78, 5) is 0. The van der Waals surface area contributed by atoms with Gasteiger partial charge in [0.05, 0.1) is 7.11 Å². The molecule has 0 saturated carbocycles. The van der Waals surface area contributed by atoms with Gasteiger partial charge in [-0.15, -0.1) is 0 Å². The number of phenolic OH excluding ortho intramolecular Hbond substituents is 1. The quantitative estimate of drug-likeness (QED) is 0.845. The van der Waals surface area contributed by atoms with Crippen LogP contribution < -0.4 is 10.1 Å². The number of piperidine rings is 1. The highest BCUT2D eigenvalue weighted by atomic mass is 16.5. The predicted molar refractivity (Wildman–Crippen MR) is 68.7 cm³/mol. The average Bonchev–Trinajstić information content (AvgIpc) is 2.36. The van der Waals surface area contributed by atoms with Crippen LogP contribution in [-0.2, 0) is 6.42 Å². The van der Waals surface area contributed by atoms with Crippen LogP contribution in [0.1, 0.15) is 30.4 Å². The molecule has 0 aliphatic carbocycles. The highest BCUT2D eigenvalue weighted by molar-refractivity contribution is 5.49. The predicted octanol–water partition coefficient (Wildman–Crippen LogP) is 2.39. The molecule has 3 heteroatoms. The lowest BCUT2D eigenvalue weighted by Gasteiger charge is -2.24. The maximum absolute atomic E-state index is 10.1. The lowest BCUT2D eigenvalue weighted by molar-refractivity contribution is 0.361. The fourth-order valence-corrected chi connectivity index (χ4v) is 2.48. The zero-order chi connectivity index (χ0) is 12.3. The summed E-state index contributed by atoms with van der Waals surface area (Å²) in [5.41, 5.74) is 2.15. The summed E-state index contributed by atoms with van der Waals surface area (Å²) in [6.07, 6.45) is 4.62. The Hall–Kier alpha value is -1.22. The number of phenols is 1. The monoisotopic (exact) mass is 235 g/mol. The lowest BCUT2D eigenvalue weighted by Crippen LogP contribution is -2.35. The SMILES string of the molecule is COc1ccc(C)c(CC2CCCCN2)c1O. The summed E-state index contributed by atoms with van der Waals surface area (Å²) in [7, 11) is 1.59. The van der Waals surface area contributed by atoms with Gasteiger partial charge in [0.2, 0.25) is 0 Å². The minimum Gasteiger partial charge on any atom is -0.504 e. The molecule has 1 fully saturated rings. The van der Waals surface area contributed by atoms with Gasteiger partial charge in [-0.05, 0) is 44.4 Å².